The third kappa shape index (κ3) is 6.02. The first-order chi connectivity index (χ1) is 20.5. The van der Waals surface area contributed by atoms with E-state index in [-0.39, 0.29) is 6.04 Å². The molecule has 0 aliphatic carbocycles. The van der Waals surface area contributed by atoms with Crippen LogP contribution in [0.4, 0.5) is 5.82 Å². The molecule has 2 atom stereocenters. The quantitative estimate of drug-likeness (QED) is 0.380. The van der Waals surface area contributed by atoms with Gasteiger partial charge >= 0.3 is 5.97 Å². The number of aromatic nitrogens is 1. The number of carboxylic acid groups (broad SMARTS) is 1. The summed E-state index contributed by atoms with van der Waals surface area (Å²) < 4.78 is 17.5. The minimum atomic E-state index is -0.788. The van der Waals surface area contributed by atoms with Crippen LogP contribution in [-0.2, 0) is 33.8 Å². The highest BCUT2D eigenvalue weighted by molar-refractivity contribution is 5.74. The molecule has 8 heteroatoms. The van der Waals surface area contributed by atoms with Gasteiger partial charge in [0.1, 0.15) is 18.2 Å². The summed E-state index contributed by atoms with van der Waals surface area (Å²) in [6.07, 6.45) is 3.90. The average molecular weight is 572 g/mol. The second-order valence-electron chi connectivity index (χ2n) is 11.7. The lowest BCUT2D eigenvalue weighted by Crippen LogP contribution is -2.42. The summed E-state index contributed by atoms with van der Waals surface area (Å²) in [6, 6.07) is 19.2. The van der Waals surface area contributed by atoms with Crippen molar-refractivity contribution in [2.45, 2.75) is 57.8 Å². The van der Waals surface area contributed by atoms with E-state index in [9.17, 15) is 9.90 Å². The summed E-state index contributed by atoms with van der Waals surface area (Å²) >= 11 is 0. The molecule has 2 fully saturated rings. The molecule has 2 unspecified atom stereocenters. The second-order valence-corrected chi connectivity index (χ2v) is 11.7. The molecule has 222 valence electrons. The first-order valence-corrected chi connectivity index (χ1v) is 15.1. The van der Waals surface area contributed by atoms with Gasteiger partial charge in [-0.15, -0.1) is 0 Å². The molecule has 0 amide bonds. The van der Waals surface area contributed by atoms with Crippen LogP contribution in [0.15, 0.2) is 54.6 Å². The van der Waals surface area contributed by atoms with Crippen LogP contribution in [0.1, 0.15) is 41.5 Å². The maximum atomic E-state index is 11.9. The van der Waals surface area contributed by atoms with Crippen LogP contribution in [0.5, 0.6) is 5.75 Å². The van der Waals surface area contributed by atoms with Crippen LogP contribution in [0.25, 0.3) is 11.3 Å². The third-order valence-corrected chi connectivity index (χ3v) is 9.12. The Kier molecular flexibility index (Phi) is 8.74. The van der Waals surface area contributed by atoms with E-state index in [0.717, 1.165) is 74.0 Å². The molecule has 0 bridgehead atoms. The minimum absolute atomic E-state index is 0.253. The van der Waals surface area contributed by atoms with E-state index in [0.29, 0.717) is 32.2 Å². The van der Waals surface area contributed by atoms with Crippen molar-refractivity contribution in [3.05, 3.63) is 76.9 Å². The number of hydrogen-bond donors (Lipinski definition) is 1. The molecule has 4 heterocycles. The standard InChI is InChI=1S/C34H41N3O5/c1-23-5-3-6-28(30-7-4-8-32(35-30)37-16-12-29(34(38)39)31(37)22-40-2)33(23)42-21-24-9-10-26-20-36(15-11-25(26)19-24)27-13-17-41-18-14-27/h3-10,19,27,29,31H,11-18,20-22H2,1-2H3,(H,38,39). The first-order valence-electron chi connectivity index (χ1n) is 15.1. The fourth-order valence-corrected chi connectivity index (χ4v) is 6.82. The van der Waals surface area contributed by atoms with E-state index >= 15 is 0 Å². The monoisotopic (exact) mass is 571 g/mol. The van der Waals surface area contributed by atoms with Crippen LogP contribution in [0.3, 0.4) is 0 Å². The van der Waals surface area contributed by atoms with Crippen molar-refractivity contribution in [3.8, 4) is 17.0 Å². The molecule has 3 aromatic rings. The van der Waals surface area contributed by atoms with E-state index in [1.165, 1.54) is 16.7 Å². The van der Waals surface area contributed by atoms with Crippen molar-refractivity contribution in [1.82, 2.24) is 9.88 Å². The second kappa shape index (κ2) is 12.8. The van der Waals surface area contributed by atoms with Gasteiger partial charge in [-0.25, -0.2) is 4.98 Å². The van der Waals surface area contributed by atoms with E-state index in [2.05, 4.69) is 41.0 Å². The lowest BCUT2D eigenvalue weighted by molar-refractivity contribution is -0.142. The Morgan fingerprint density at radius 3 is 2.69 bits per heavy atom. The van der Waals surface area contributed by atoms with Crippen LogP contribution >= 0.6 is 0 Å². The molecule has 1 aromatic heterocycles. The van der Waals surface area contributed by atoms with E-state index in [1.807, 2.05) is 30.3 Å². The molecule has 2 aromatic carbocycles. The number of para-hydroxylation sites is 1. The van der Waals surface area contributed by atoms with Crippen molar-refractivity contribution in [1.29, 1.82) is 0 Å². The number of methoxy groups -OCH3 is 1. The number of benzene rings is 2. The predicted octanol–water partition coefficient (Wildman–Crippen LogP) is 5.10. The number of carbonyl (C=O) groups is 1. The molecule has 6 rings (SSSR count). The molecule has 42 heavy (non-hydrogen) atoms. The maximum absolute atomic E-state index is 11.9. The Bertz CT molecular complexity index is 1410. The summed E-state index contributed by atoms with van der Waals surface area (Å²) in [7, 11) is 1.61. The van der Waals surface area contributed by atoms with Crippen LogP contribution in [-0.4, -0.2) is 73.1 Å². The maximum Gasteiger partial charge on any atom is 0.308 e. The Balaban J connectivity index is 1.18. The Morgan fingerprint density at radius 2 is 1.88 bits per heavy atom. The molecule has 3 aliphatic rings. The van der Waals surface area contributed by atoms with Crippen molar-refractivity contribution in [2.24, 2.45) is 5.92 Å². The topological polar surface area (TPSA) is 84.4 Å². The summed E-state index contributed by atoms with van der Waals surface area (Å²) in [5, 5.41) is 9.73. The number of anilines is 1. The zero-order valence-corrected chi connectivity index (χ0v) is 24.6. The van der Waals surface area contributed by atoms with Gasteiger partial charge in [0, 0.05) is 51.6 Å². The van der Waals surface area contributed by atoms with Gasteiger partial charge in [0.15, 0.2) is 0 Å². The van der Waals surface area contributed by atoms with Gasteiger partial charge in [-0.1, -0.05) is 36.4 Å². The zero-order valence-electron chi connectivity index (χ0n) is 24.6. The number of hydrogen-bond acceptors (Lipinski definition) is 7. The third-order valence-electron chi connectivity index (χ3n) is 9.12. The largest absolute Gasteiger partial charge is 0.488 e. The summed E-state index contributed by atoms with van der Waals surface area (Å²) in [6.45, 7) is 7.39. The number of carboxylic acids is 1. The lowest BCUT2D eigenvalue weighted by Gasteiger charge is -2.37. The van der Waals surface area contributed by atoms with Crippen molar-refractivity contribution in [2.75, 3.05) is 44.9 Å². The number of nitrogens with zero attached hydrogens (tertiary/aromatic N) is 3. The summed E-state index contributed by atoms with van der Waals surface area (Å²) in [5.41, 5.74) is 6.80. The molecule has 2 saturated heterocycles. The highest BCUT2D eigenvalue weighted by Gasteiger charge is 2.39. The van der Waals surface area contributed by atoms with E-state index < -0.39 is 11.9 Å². The van der Waals surface area contributed by atoms with Crippen LogP contribution in [0, 0.1) is 12.8 Å². The first kappa shape index (κ1) is 28.6. The zero-order chi connectivity index (χ0) is 29.1. The molecular weight excluding hydrogens is 530 g/mol. The molecule has 8 nitrogen and oxygen atoms in total. The molecular formula is C34H41N3O5. The van der Waals surface area contributed by atoms with Gasteiger partial charge < -0.3 is 24.2 Å². The van der Waals surface area contributed by atoms with Gasteiger partial charge in [-0.05, 0) is 73.1 Å². The predicted molar refractivity (Wildman–Crippen MR) is 162 cm³/mol. The fraction of sp³-hybridized carbons (Fsp3) is 0.471. The average Bonchev–Trinajstić information content (AvgIpc) is 3.45. The van der Waals surface area contributed by atoms with E-state index in [1.54, 1.807) is 7.11 Å². The Morgan fingerprint density at radius 1 is 1.05 bits per heavy atom. The molecule has 3 aliphatic heterocycles. The number of rotatable bonds is 9. The minimum Gasteiger partial charge on any atom is -0.488 e. The van der Waals surface area contributed by atoms with Gasteiger partial charge in [0.05, 0.1) is 24.3 Å². The van der Waals surface area contributed by atoms with Gasteiger partial charge in [0.2, 0.25) is 0 Å². The summed E-state index contributed by atoms with van der Waals surface area (Å²) in [5.74, 6) is 0.317. The molecule has 1 N–H and O–H groups in total. The van der Waals surface area contributed by atoms with Gasteiger partial charge in [-0.2, -0.15) is 0 Å². The number of aryl methyl sites for hydroxylation is 1. The van der Waals surface area contributed by atoms with Gasteiger partial charge in [-0.3, -0.25) is 9.69 Å². The highest BCUT2D eigenvalue weighted by Crippen LogP contribution is 2.36. The number of ether oxygens (including phenoxy) is 3. The fourth-order valence-electron chi connectivity index (χ4n) is 6.82. The van der Waals surface area contributed by atoms with Crippen molar-refractivity contribution >= 4 is 11.8 Å². The smallest absolute Gasteiger partial charge is 0.308 e. The van der Waals surface area contributed by atoms with Crippen LogP contribution in [0.2, 0.25) is 0 Å². The SMILES string of the molecule is COCC1C(C(=O)O)CCN1c1cccc(-c2cccc(C)c2OCc2ccc3c(c2)CCN(C2CCOCC2)C3)n1. The summed E-state index contributed by atoms with van der Waals surface area (Å²) in [4.78, 5) is 21.5. The Labute approximate surface area is 248 Å². The molecule has 0 radical (unpaired) electrons. The molecule has 0 saturated carbocycles. The van der Waals surface area contributed by atoms with Crippen molar-refractivity contribution in [3.63, 3.8) is 0 Å². The Hall–Kier alpha value is -3.46. The molecule has 0 spiro atoms. The van der Waals surface area contributed by atoms with Crippen molar-refractivity contribution < 1.29 is 24.1 Å². The van der Waals surface area contributed by atoms with Crippen LogP contribution < -0.4 is 9.64 Å². The lowest BCUT2D eigenvalue weighted by atomic mass is 9.95. The highest BCUT2D eigenvalue weighted by atomic mass is 16.5. The number of pyridine rings is 1. The number of fused-ring (bicyclic) bond motifs is 1. The van der Waals surface area contributed by atoms with E-state index in [4.69, 9.17) is 19.2 Å². The van der Waals surface area contributed by atoms with Gasteiger partial charge in [0.25, 0.3) is 0 Å². The number of aliphatic carboxylic acids is 1. The normalized spacial score (nSPS) is 21.3.